The van der Waals surface area contributed by atoms with Gasteiger partial charge in [-0.15, -0.1) is 0 Å². The van der Waals surface area contributed by atoms with Crippen LogP contribution in [0.25, 0.3) is 0 Å². The number of aryl methyl sites for hydroxylation is 1. The van der Waals surface area contributed by atoms with Gasteiger partial charge in [-0.2, -0.15) is 5.10 Å². The van der Waals surface area contributed by atoms with Crippen LogP contribution >= 0.6 is 0 Å². The third kappa shape index (κ3) is 5.63. The molecule has 29 heavy (non-hydrogen) atoms. The molecule has 2 aromatic rings. The van der Waals surface area contributed by atoms with E-state index >= 15 is 0 Å². The Labute approximate surface area is 173 Å². The number of nitrogens with zero attached hydrogens (tertiary/aromatic N) is 4. The van der Waals surface area contributed by atoms with Crippen molar-refractivity contribution in [2.24, 2.45) is 4.99 Å². The van der Waals surface area contributed by atoms with Gasteiger partial charge in [0.2, 0.25) is 0 Å². The Kier molecular flexibility index (Phi) is 8.33. The van der Waals surface area contributed by atoms with Crippen molar-refractivity contribution in [2.75, 3.05) is 42.0 Å². The minimum absolute atomic E-state index is 0.642. The van der Waals surface area contributed by atoms with E-state index in [0.29, 0.717) is 19.7 Å². The van der Waals surface area contributed by atoms with Gasteiger partial charge in [-0.1, -0.05) is 0 Å². The van der Waals surface area contributed by atoms with Crippen LogP contribution in [-0.4, -0.2) is 62.7 Å². The molecule has 0 amide bonds. The van der Waals surface area contributed by atoms with Crippen LogP contribution in [0.15, 0.2) is 23.2 Å². The first-order chi connectivity index (χ1) is 13.9. The average molecular weight is 404 g/mol. The minimum atomic E-state index is 0.642. The van der Waals surface area contributed by atoms with Crippen molar-refractivity contribution >= 4 is 5.96 Å². The van der Waals surface area contributed by atoms with Crippen molar-refractivity contribution in [1.29, 1.82) is 0 Å². The third-order valence-corrected chi connectivity index (χ3v) is 4.94. The van der Waals surface area contributed by atoms with E-state index in [0.717, 1.165) is 41.0 Å². The van der Waals surface area contributed by atoms with E-state index in [-0.39, 0.29) is 0 Å². The molecule has 0 saturated carbocycles. The Hall–Kier alpha value is -2.74. The maximum absolute atomic E-state index is 5.51. The highest BCUT2D eigenvalue weighted by molar-refractivity contribution is 5.79. The van der Waals surface area contributed by atoms with Gasteiger partial charge in [0.1, 0.15) is 11.5 Å². The minimum Gasteiger partial charge on any atom is -0.497 e. The van der Waals surface area contributed by atoms with Crippen LogP contribution < -0.4 is 14.8 Å². The standard InChI is InChI=1S/C21H33N5O3/c1-15-19(16(2)26(24-15)10-11-27-5)13-23-21(22-3)25(4)14-17-8-9-18(28-6)12-20(17)29-7/h8-9,12H,10-11,13-14H2,1-7H3,(H,22,23). The van der Waals surface area contributed by atoms with Crippen molar-refractivity contribution in [1.82, 2.24) is 20.0 Å². The molecule has 0 atom stereocenters. The summed E-state index contributed by atoms with van der Waals surface area (Å²) in [5, 5.41) is 8.06. The molecule has 0 saturated heterocycles. The molecule has 1 aromatic carbocycles. The molecule has 0 aliphatic carbocycles. The number of hydrogen-bond donors (Lipinski definition) is 1. The van der Waals surface area contributed by atoms with Gasteiger partial charge in [-0.3, -0.25) is 9.67 Å². The topological polar surface area (TPSA) is 73.1 Å². The maximum Gasteiger partial charge on any atom is 0.193 e. The number of benzene rings is 1. The number of methoxy groups -OCH3 is 3. The predicted molar refractivity (Wildman–Crippen MR) is 115 cm³/mol. The molecule has 0 aliphatic rings. The molecular weight excluding hydrogens is 370 g/mol. The molecule has 1 aromatic heterocycles. The van der Waals surface area contributed by atoms with E-state index < -0.39 is 0 Å². The monoisotopic (exact) mass is 403 g/mol. The summed E-state index contributed by atoms with van der Waals surface area (Å²) in [6, 6.07) is 5.83. The second-order valence-electron chi connectivity index (χ2n) is 6.80. The molecule has 0 bridgehead atoms. The molecule has 1 N–H and O–H groups in total. The van der Waals surface area contributed by atoms with Crippen LogP contribution in [0.5, 0.6) is 11.5 Å². The number of aromatic nitrogens is 2. The lowest BCUT2D eigenvalue weighted by molar-refractivity contribution is 0.182. The number of guanidine groups is 1. The Morgan fingerprint density at radius 1 is 1.21 bits per heavy atom. The summed E-state index contributed by atoms with van der Waals surface area (Å²) in [5.74, 6) is 2.36. The fourth-order valence-electron chi connectivity index (χ4n) is 3.25. The molecule has 8 nitrogen and oxygen atoms in total. The van der Waals surface area contributed by atoms with Crippen LogP contribution in [0.3, 0.4) is 0 Å². The molecule has 0 aliphatic heterocycles. The highest BCUT2D eigenvalue weighted by atomic mass is 16.5. The second-order valence-corrected chi connectivity index (χ2v) is 6.80. The third-order valence-electron chi connectivity index (χ3n) is 4.94. The van der Waals surface area contributed by atoms with E-state index in [9.17, 15) is 0 Å². The molecule has 2 rings (SSSR count). The van der Waals surface area contributed by atoms with Gasteiger partial charge in [0, 0.05) is 57.2 Å². The largest absolute Gasteiger partial charge is 0.497 e. The van der Waals surface area contributed by atoms with Crippen molar-refractivity contribution in [3.63, 3.8) is 0 Å². The lowest BCUT2D eigenvalue weighted by atomic mass is 10.2. The van der Waals surface area contributed by atoms with Crippen molar-refractivity contribution in [3.8, 4) is 11.5 Å². The van der Waals surface area contributed by atoms with Crippen LogP contribution in [0.2, 0.25) is 0 Å². The van der Waals surface area contributed by atoms with Gasteiger partial charge >= 0.3 is 0 Å². The molecule has 0 unspecified atom stereocenters. The number of nitrogens with one attached hydrogen (secondary N) is 1. The SMILES string of the molecule is CN=C(NCc1c(C)nn(CCOC)c1C)N(C)Cc1ccc(OC)cc1OC. The lowest BCUT2D eigenvalue weighted by Crippen LogP contribution is -2.38. The molecule has 0 radical (unpaired) electrons. The summed E-state index contributed by atoms with van der Waals surface area (Å²) >= 11 is 0. The fourth-order valence-corrected chi connectivity index (χ4v) is 3.25. The lowest BCUT2D eigenvalue weighted by Gasteiger charge is -2.23. The van der Waals surface area contributed by atoms with Crippen LogP contribution in [0, 0.1) is 13.8 Å². The van der Waals surface area contributed by atoms with Crippen LogP contribution in [0.1, 0.15) is 22.5 Å². The van der Waals surface area contributed by atoms with E-state index in [1.807, 2.05) is 36.9 Å². The molecule has 0 fully saturated rings. The van der Waals surface area contributed by atoms with Gasteiger partial charge < -0.3 is 24.4 Å². The summed E-state index contributed by atoms with van der Waals surface area (Å²) in [7, 11) is 8.80. The normalized spacial score (nSPS) is 11.5. The summed E-state index contributed by atoms with van der Waals surface area (Å²) in [6.45, 7) is 6.81. The van der Waals surface area contributed by atoms with Crippen molar-refractivity contribution in [2.45, 2.75) is 33.5 Å². The van der Waals surface area contributed by atoms with E-state index in [4.69, 9.17) is 14.2 Å². The fraction of sp³-hybridized carbons (Fsp3) is 0.524. The maximum atomic E-state index is 5.51. The number of aliphatic imine (C=N–C) groups is 1. The highest BCUT2D eigenvalue weighted by Crippen LogP contribution is 2.25. The summed E-state index contributed by atoms with van der Waals surface area (Å²) < 4.78 is 17.9. The molecular formula is C21H33N5O3. The van der Waals surface area contributed by atoms with E-state index in [2.05, 4.69) is 27.2 Å². The molecule has 1 heterocycles. The predicted octanol–water partition coefficient (Wildman–Crippen LogP) is 2.37. The summed E-state index contributed by atoms with van der Waals surface area (Å²) in [4.78, 5) is 6.48. The Morgan fingerprint density at radius 2 is 1.97 bits per heavy atom. The van der Waals surface area contributed by atoms with Crippen molar-refractivity contribution in [3.05, 3.63) is 40.7 Å². The summed E-state index contributed by atoms with van der Waals surface area (Å²) in [5.41, 5.74) is 4.39. The summed E-state index contributed by atoms with van der Waals surface area (Å²) in [6.07, 6.45) is 0. The first-order valence-corrected chi connectivity index (χ1v) is 9.59. The quantitative estimate of drug-likeness (QED) is 0.512. The van der Waals surface area contributed by atoms with Gasteiger partial charge in [-0.05, 0) is 26.0 Å². The average Bonchev–Trinajstić information content (AvgIpc) is 3.00. The zero-order chi connectivity index (χ0) is 21.4. The highest BCUT2D eigenvalue weighted by Gasteiger charge is 2.15. The van der Waals surface area contributed by atoms with Gasteiger partial charge in [0.05, 0.1) is 33.1 Å². The molecule has 8 heteroatoms. The Morgan fingerprint density at radius 3 is 2.59 bits per heavy atom. The van der Waals surface area contributed by atoms with Gasteiger partial charge in [0.25, 0.3) is 0 Å². The smallest absolute Gasteiger partial charge is 0.193 e. The van der Waals surface area contributed by atoms with Crippen molar-refractivity contribution < 1.29 is 14.2 Å². The van der Waals surface area contributed by atoms with Crippen LogP contribution in [-0.2, 0) is 24.4 Å². The second kappa shape index (κ2) is 10.7. The number of hydrogen-bond acceptors (Lipinski definition) is 5. The Bertz CT molecular complexity index is 832. The number of ether oxygens (including phenoxy) is 3. The van der Waals surface area contributed by atoms with Gasteiger partial charge in [0.15, 0.2) is 5.96 Å². The zero-order valence-corrected chi connectivity index (χ0v) is 18.6. The zero-order valence-electron chi connectivity index (χ0n) is 18.6. The Balaban J connectivity index is 2.06. The van der Waals surface area contributed by atoms with Gasteiger partial charge in [-0.25, -0.2) is 0 Å². The molecule has 160 valence electrons. The van der Waals surface area contributed by atoms with Crippen LogP contribution in [0.4, 0.5) is 0 Å². The number of rotatable bonds is 9. The first kappa shape index (κ1) is 22.5. The van der Waals surface area contributed by atoms with E-state index in [1.165, 1.54) is 5.56 Å². The first-order valence-electron chi connectivity index (χ1n) is 9.59. The van der Waals surface area contributed by atoms with E-state index in [1.54, 1.807) is 28.4 Å². The molecule has 0 spiro atoms.